The molecule has 0 unspecified atom stereocenters. The number of benzene rings is 1. The number of hydrogen-bond donors (Lipinski definition) is 0. The summed E-state index contributed by atoms with van der Waals surface area (Å²) in [6.45, 7) is 5.78. The van der Waals surface area contributed by atoms with Crippen LogP contribution in [-0.2, 0) is 9.53 Å². The molecule has 0 amide bonds. The van der Waals surface area contributed by atoms with Crippen LogP contribution in [0, 0.1) is 34.5 Å². The lowest BCUT2D eigenvalue weighted by molar-refractivity contribution is -0.122. The summed E-state index contributed by atoms with van der Waals surface area (Å²) in [5.41, 5.74) is 2.96. The van der Waals surface area contributed by atoms with Crippen molar-refractivity contribution in [3.63, 3.8) is 0 Å². The van der Waals surface area contributed by atoms with Crippen molar-refractivity contribution in [2.75, 3.05) is 6.54 Å². The summed E-state index contributed by atoms with van der Waals surface area (Å²) in [6, 6.07) is 7.87. The molecule has 0 radical (unpaired) electrons. The maximum Gasteiger partial charge on any atom is 0.218 e. The topological polar surface area (TPSA) is 38.7 Å². The Morgan fingerprint density at radius 3 is 2.72 bits per heavy atom. The number of aliphatic imine (C=N–C) groups is 1. The smallest absolute Gasteiger partial charge is 0.218 e. The summed E-state index contributed by atoms with van der Waals surface area (Å²) in [6.07, 6.45) is 11.5. The number of Topliss-reactive ketones (excluding diaryl/α,β-unsaturated/α-hetero) is 1. The fourth-order valence-corrected chi connectivity index (χ4v) is 8.73. The lowest BCUT2D eigenvalue weighted by Crippen LogP contribution is -2.51. The highest BCUT2D eigenvalue weighted by atomic mass is 35.5. The molecule has 5 aliphatic rings. The minimum atomic E-state index is 0.172. The van der Waals surface area contributed by atoms with Crippen LogP contribution in [0.2, 0.25) is 5.02 Å². The Balaban J connectivity index is 1.22. The SMILES string of the molecule is C[C@]12CC[C@H]3[C@@H](CC=C4CC(=O)CC[C@@]43C)[C@@H]1CC[C@@H]2[C@@H]1CN=C(c2ccccc2Cl)O1. The Morgan fingerprint density at radius 2 is 1.88 bits per heavy atom. The van der Waals surface area contributed by atoms with Crippen molar-refractivity contribution >= 4 is 23.3 Å². The fraction of sp³-hybridized carbons (Fsp3) is 0.643. The van der Waals surface area contributed by atoms with Gasteiger partial charge < -0.3 is 4.74 Å². The Labute approximate surface area is 196 Å². The van der Waals surface area contributed by atoms with Gasteiger partial charge in [-0.15, -0.1) is 0 Å². The van der Waals surface area contributed by atoms with Gasteiger partial charge in [-0.1, -0.05) is 49.2 Å². The largest absolute Gasteiger partial charge is 0.472 e. The maximum absolute atomic E-state index is 12.1. The van der Waals surface area contributed by atoms with E-state index in [1.54, 1.807) is 0 Å². The molecule has 3 nitrogen and oxygen atoms in total. The van der Waals surface area contributed by atoms with E-state index in [1.165, 1.54) is 37.7 Å². The van der Waals surface area contributed by atoms with Crippen molar-refractivity contribution in [1.82, 2.24) is 0 Å². The average Bonchev–Trinajstić information content (AvgIpc) is 3.38. The van der Waals surface area contributed by atoms with E-state index >= 15 is 0 Å². The van der Waals surface area contributed by atoms with Crippen LogP contribution in [0.4, 0.5) is 0 Å². The van der Waals surface area contributed by atoms with E-state index in [0.717, 1.165) is 48.6 Å². The third-order valence-corrected chi connectivity index (χ3v) is 10.6. The second-order valence-corrected chi connectivity index (χ2v) is 11.9. The first-order valence-electron chi connectivity index (χ1n) is 12.6. The number of fused-ring (bicyclic) bond motifs is 5. The van der Waals surface area contributed by atoms with E-state index < -0.39 is 0 Å². The normalized spacial score (nSPS) is 43.0. The Bertz CT molecular complexity index is 1010. The number of ether oxygens (including phenoxy) is 1. The van der Waals surface area contributed by atoms with Gasteiger partial charge in [0.05, 0.1) is 17.1 Å². The molecule has 32 heavy (non-hydrogen) atoms. The molecule has 1 aromatic rings. The van der Waals surface area contributed by atoms with E-state index in [4.69, 9.17) is 21.3 Å². The molecule has 0 aromatic heterocycles. The Morgan fingerprint density at radius 1 is 1.06 bits per heavy atom. The minimum Gasteiger partial charge on any atom is -0.472 e. The van der Waals surface area contributed by atoms with Gasteiger partial charge in [-0.2, -0.15) is 0 Å². The monoisotopic (exact) mass is 451 g/mol. The summed E-state index contributed by atoms with van der Waals surface area (Å²) in [5, 5.41) is 0.715. The minimum absolute atomic E-state index is 0.172. The van der Waals surface area contributed by atoms with Gasteiger partial charge in [0.15, 0.2) is 0 Å². The van der Waals surface area contributed by atoms with E-state index in [1.807, 2.05) is 24.3 Å². The van der Waals surface area contributed by atoms with Crippen molar-refractivity contribution in [3.8, 4) is 0 Å². The molecule has 6 rings (SSSR count). The molecule has 0 bridgehead atoms. The number of carbonyl (C=O) groups is 1. The first-order chi connectivity index (χ1) is 15.4. The van der Waals surface area contributed by atoms with Gasteiger partial charge in [-0.3, -0.25) is 4.79 Å². The number of ketones is 1. The summed E-state index contributed by atoms with van der Waals surface area (Å²) in [4.78, 5) is 16.9. The lowest BCUT2D eigenvalue weighted by Gasteiger charge is -2.57. The average molecular weight is 452 g/mol. The maximum atomic E-state index is 12.1. The highest BCUT2D eigenvalue weighted by molar-refractivity contribution is 6.33. The molecule has 0 saturated heterocycles. The molecule has 7 atom stereocenters. The summed E-state index contributed by atoms with van der Waals surface area (Å²) in [7, 11) is 0. The highest BCUT2D eigenvalue weighted by Crippen LogP contribution is 2.66. The van der Waals surface area contributed by atoms with Gasteiger partial charge in [0.1, 0.15) is 11.9 Å². The molecule has 170 valence electrons. The highest BCUT2D eigenvalue weighted by Gasteiger charge is 2.60. The van der Waals surface area contributed by atoms with Crippen molar-refractivity contribution in [3.05, 3.63) is 46.5 Å². The fourth-order valence-electron chi connectivity index (χ4n) is 8.51. The first-order valence-corrected chi connectivity index (χ1v) is 13.0. The van der Waals surface area contributed by atoms with E-state index in [9.17, 15) is 4.79 Å². The molecular weight excluding hydrogens is 418 g/mol. The third-order valence-electron chi connectivity index (χ3n) is 10.2. The molecular formula is C28H34ClNO2. The first kappa shape index (κ1) is 21.0. The lowest BCUT2D eigenvalue weighted by atomic mass is 9.47. The van der Waals surface area contributed by atoms with Crippen LogP contribution in [0.1, 0.15) is 70.8 Å². The summed E-state index contributed by atoms with van der Waals surface area (Å²) in [5.74, 6) is 3.99. The van der Waals surface area contributed by atoms with Gasteiger partial charge in [-0.05, 0) is 79.2 Å². The third kappa shape index (κ3) is 2.99. The second kappa shape index (κ2) is 7.45. The number of carbonyl (C=O) groups excluding carboxylic acids is 1. The van der Waals surface area contributed by atoms with Crippen molar-refractivity contribution in [2.24, 2.45) is 39.5 Å². The van der Waals surface area contributed by atoms with Crippen LogP contribution in [0.5, 0.6) is 0 Å². The van der Waals surface area contributed by atoms with Crippen molar-refractivity contribution in [2.45, 2.75) is 71.3 Å². The van der Waals surface area contributed by atoms with Gasteiger partial charge in [-0.25, -0.2) is 4.99 Å². The van der Waals surface area contributed by atoms with Crippen LogP contribution in [-0.4, -0.2) is 24.3 Å². The predicted octanol–water partition coefficient (Wildman–Crippen LogP) is 6.63. The molecule has 3 fully saturated rings. The summed E-state index contributed by atoms with van der Waals surface area (Å²) >= 11 is 6.42. The van der Waals surface area contributed by atoms with Crippen LogP contribution in [0.3, 0.4) is 0 Å². The van der Waals surface area contributed by atoms with Gasteiger partial charge in [0.2, 0.25) is 5.90 Å². The van der Waals surface area contributed by atoms with Crippen molar-refractivity contribution < 1.29 is 9.53 Å². The number of rotatable bonds is 2. The predicted molar refractivity (Wildman–Crippen MR) is 128 cm³/mol. The van der Waals surface area contributed by atoms with Crippen LogP contribution in [0.25, 0.3) is 0 Å². The summed E-state index contributed by atoms with van der Waals surface area (Å²) < 4.78 is 6.50. The van der Waals surface area contributed by atoms with Gasteiger partial charge in [0.25, 0.3) is 0 Å². The number of hydrogen-bond acceptors (Lipinski definition) is 3. The zero-order valence-corrected chi connectivity index (χ0v) is 20.0. The standard InChI is InChI=1S/C28H34ClNO2/c1-27-13-11-18(31)15-17(27)7-8-19-21-9-10-23(28(21,2)14-12-22(19)27)25-16-30-26(32-25)20-5-3-4-6-24(20)29/h3-7,19,21-23,25H,8-16H2,1-2H3/t19-,21-,22-,23+,25-,27-,28-/m0/s1. The van der Waals surface area contributed by atoms with Gasteiger partial charge >= 0.3 is 0 Å². The quantitative estimate of drug-likeness (QED) is 0.473. The zero-order valence-electron chi connectivity index (χ0n) is 19.3. The number of allylic oxidation sites excluding steroid dienone is 2. The number of halogens is 1. The van der Waals surface area contributed by atoms with E-state index in [2.05, 4.69) is 19.9 Å². The van der Waals surface area contributed by atoms with E-state index in [0.29, 0.717) is 28.6 Å². The molecule has 0 spiro atoms. The van der Waals surface area contributed by atoms with Crippen LogP contribution in [0.15, 0.2) is 40.9 Å². The zero-order chi connectivity index (χ0) is 22.1. The molecule has 4 aliphatic carbocycles. The molecule has 1 aromatic carbocycles. The van der Waals surface area contributed by atoms with Crippen molar-refractivity contribution in [1.29, 1.82) is 0 Å². The van der Waals surface area contributed by atoms with Crippen LogP contribution < -0.4 is 0 Å². The second-order valence-electron chi connectivity index (χ2n) is 11.5. The number of nitrogens with zero attached hydrogens (tertiary/aromatic N) is 1. The van der Waals surface area contributed by atoms with Gasteiger partial charge in [0, 0.05) is 18.8 Å². The molecule has 1 heterocycles. The van der Waals surface area contributed by atoms with E-state index in [-0.39, 0.29) is 11.5 Å². The molecule has 3 saturated carbocycles. The Kier molecular flexibility index (Phi) is 4.88. The Hall–Kier alpha value is -1.61. The van der Waals surface area contributed by atoms with Crippen LogP contribution >= 0.6 is 11.6 Å². The molecule has 0 N–H and O–H groups in total. The molecule has 1 aliphatic heterocycles. The molecule has 4 heteroatoms.